The SMILES string of the molecule is CCn1c(SCC(=O)NN=Cc2cc(I)cc(I)c2O)nnc1-c1ccc(OC)c(OC)c1. The van der Waals surface area contributed by atoms with Crippen molar-refractivity contribution in [3.63, 3.8) is 0 Å². The van der Waals surface area contributed by atoms with Crippen molar-refractivity contribution in [3.05, 3.63) is 43.0 Å². The third-order valence-electron chi connectivity index (χ3n) is 4.46. The molecule has 2 aromatic carbocycles. The number of rotatable bonds is 9. The lowest BCUT2D eigenvalue weighted by Gasteiger charge is -2.10. The highest BCUT2D eigenvalue weighted by Gasteiger charge is 2.16. The van der Waals surface area contributed by atoms with E-state index in [0.717, 1.165) is 9.13 Å². The van der Waals surface area contributed by atoms with E-state index in [2.05, 4.69) is 43.3 Å². The molecule has 0 aliphatic heterocycles. The van der Waals surface area contributed by atoms with Gasteiger partial charge in [0.25, 0.3) is 5.91 Å². The molecule has 3 aromatic rings. The summed E-state index contributed by atoms with van der Waals surface area (Å²) in [6.45, 7) is 2.61. The first-order valence-electron chi connectivity index (χ1n) is 9.66. The second-order valence-electron chi connectivity index (χ2n) is 6.53. The van der Waals surface area contributed by atoms with E-state index in [9.17, 15) is 9.90 Å². The van der Waals surface area contributed by atoms with Crippen LogP contribution in [0.2, 0.25) is 0 Å². The van der Waals surface area contributed by atoms with Gasteiger partial charge in [0.05, 0.1) is 29.8 Å². The zero-order chi connectivity index (χ0) is 24.0. The molecule has 33 heavy (non-hydrogen) atoms. The molecule has 0 spiro atoms. The van der Waals surface area contributed by atoms with Gasteiger partial charge in [-0.2, -0.15) is 5.10 Å². The zero-order valence-corrected chi connectivity index (χ0v) is 23.1. The summed E-state index contributed by atoms with van der Waals surface area (Å²) in [6.07, 6.45) is 1.42. The van der Waals surface area contributed by atoms with Crippen LogP contribution in [0.5, 0.6) is 17.2 Å². The van der Waals surface area contributed by atoms with Gasteiger partial charge >= 0.3 is 0 Å². The Morgan fingerprint density at radius 2 is 1.97 bits per heavy atom. The molecule has 0 aliphatic carbocycles. The zero-order valence-electron chi connectivity index (χ0n) is 18.0. The highest BCUT2D eigenvalue weighted by molar-refractivity contribution is 14.1. The van der Waals surface area contributed by atoms with Crippen molar-refractivity contribution in [2.75, 3.05) is 20.0 Å². The highest BCUT2D eigenvalue weighted by atomic mass is 127. The minimum absolute atomic E-state index is 0.108. The summed E-state index contributed by atoms with van der Waals surface area (Å²) in [4.78, 5) is 12.3. The van der Waals surface area contributed by atoms with Crippen LogP contribution in [0, 0.1) is 7.14 Å². The van der Waals surface area contributed by atoms with E-state index >= 15 is 0 Å². The van der Waals surface area contributed by atoms with Crippen LogP contribution < -0.4 is 14.9 Å². The largest absolute Gasteiger partial charge is 0.506 e. The van der Waals surface area contributed by atoms with Crippen LogP contribution in [0.1, 0.15) is 12.5 Å². The molecule has 0 fully saturated rings. The third-order valence-corrected chi connectivity index (χ3v) is 6.87. The molecule has 2 N–H and O–H groups in total. The van der Waals surface area contributed by atoms with Gasteiger partial charge < -0.3 is 19.1 Å². The normalized spacial score (nSPS) is 11.1. The van der Waals surface area contributed by atoms with Gasteiger partial charge in [-0.3, -0.25) is 4.79 Å². The van der Waals surface area contributed by atoms with Gasteiger partial charge in [0.15, 0.2) is 22.5 Å². The molecule has 0 atom stereocenters. The van der Waals surface area contributed by atoms with Crippen LogP contribution >= 0.6 is 56.9 Å². The number of aromatic nitrogens is 3. The number of methoxy groups -OCH3 is 2. The van der Waals surface area contributed by atoms with Gasteiger partial charge in [-0.1, -0.05) is 11.8 Å². The fourth-order valence-electron chi connectivity index (χ4n) is 2.89. The average molecular weight is 693 g/mol. The Balaban J connectivity index is 1.66. The van der Waals surface area contributed by atoms with Crippen molar-refractivity contribution in [1.82, 2.24) is 20.2 Å². The van der Waals surface area contributed by atoms with Crippen molar-refractivity contribution in [3.8, 4) is 28.6 Å². The Bertz CT molecular complexity index is 1190. The minimum atomic E-state index is -0.297. The molecular weight excluding hydrogens is 672 g/mol. The van der Waals surface area contributed by atoms with Crippen LogP contribution in [0.3, 0.4) is 0 Å². The number of hydrogen-bond donors (Lipinski definition) is 2. The topological polar surface area (TPSA) is 111 Å². The maximum atomic E-state index is 12.3. The summed E-state index contributed by atoms with van der Waals surface area (Å²) in [7, 11) is 3.16. The minimum Gasteiger partial charge on any atom is -0.506 e. The second-order valence-corrected chi connectivity index (χ2v) is 9.88. The standard InChI is InChI=1S/C21H21I2N5O4S/c1-4-28-20(12-5-6-16(31-2)17(8-12)32-3)26-27-21(28)33-11-18(29)25-24-10-13-7-14(22)9-15(23)19(13)30/h5-10,30H,4,11H2,1-3H3,(H,25,29). The molecule has 0 bridgehead atoms. The fraction of sp³-hybridized carbons (Fsp3) is 0.238. The van der Waals surface area contributed by atoms with Gasteiger partial charge in [0.2, 0.25) is 0 Å². The van der Waals surface area contributed by atoms with Gasteiger partial charge in [0, 0.05) is 21.2 Å². The van der Waals surface area contributed by atoms with Crippen LogP contribution in [0.4, 0.5) is 0 Å². The Morgan fingerprint density at radius 3 is 2.67 bits per heavy atom. The number of ether oxygens (including phenoxy) is 2. The maximum absolute atomic E-state index is 12.3. The molecule has 3 rings (SSSR count). The van der Waals surface area contributed by atoms with E-state index in [0.29, 0.717) is 38.2 Å². The van der Waals surface area contributed by atoms with Crippen molar-refractivity contribution < 1.29 is 19.4 Å². The van der Waals surface area contributed by atoms with E-state index < -0.39 is 0 Å². The number of phenols is 1. The number of benzene rings is 2. The molecule has 1 heterocycles. The lowest BCUT2D eigenvalue weighted by molar-refractivity contribution is -0.118. The Hall–Kier alpha value is -2.07. The summed E-state index contributed by atoms with van der Waals surface area (Å²) in [5, 5.41) is 23.2. The maximum Gasteiger partial charge on any atom is 0.250 e. The van der Waals surface area contributed by atoms with Crippen LogP contribution in [0.15, 0.2) is 40.6 Å². The Labute approximate surface area is 222 Å². The number of amides is 1. The highest BCUT2D eigenvalue weighted by Crippen LogP contribution is 2.33. The predicted octanol–water partition coefficient (Wildman–Crippen LogP) is 4.14. The number of hydrogen-bond acceptors (Lipinski definition) is 8. The van der Waals surface area contributed by atoms with Crippen molar-refractivity contribution in [1.29, 1.82) is 0 Å². The first-order valence-corrected chi connectivity index (χ1v) is 12.8. The van der Waals surface area contributed by atoms with Crippen LogP contribution in [0.25, 0.3) is 11.4 Å². The number of nitrogens with one attached hydrogen (secondary N) is 1. The molecule has 0 unspecified atom stereocenters. The molecule has 1 aromatic heterocycles. The van der Waals surface area contributed by atoms with Crippen molar-refractivity contribution in [2.45, 2.75) is 18.6 Å². The van der Waals surface area contributed by atoms with Gasteiger partial charge in [-0.25, -0.2) is 5.43 Å². The third kappa shape index (κ3) is 6.29. The molecule has 0 aliphatic rings. The summed E-state index contributed by atoms with van der Waals surface area (Å²) >= 11 is 5.46. The molecule has 0 radical (unpaired) electrons. The van der Waals surface area contributed by atoms with E-state index in [4.69, 9.17) is 9.47 Å². The lowest BCUT2D eigenvalue weighted by atomic mass is 10.2. The quantitative estimate of drug-likeness (QED) is 0.150. The first-order chi connectivity index (χ1) is 15.9. The summed E-state index contributed by atoms with van der Waals surface area (Å²) in [5.74, 6) is 1.83. The number of hydrazone groups is 1. The molecule has 174 valence electrons. The molecule has 0 saturated heterocycles. The second kappa shape index (κ2) is 11.9. The molecule has 12 heteroatoms. The van der Waals surface area contributed by atoms with Crippen molar-refractivity contribution >= 4 is 69.1 Å². The van der Waals surface area contributed by atoms with E-state index in [-0.39, 0.29) is 17.4 Å². The van der Waals surface area contributed by atoms with Gasteiger partial charge in [-0.05, 0) is 82.4 Å². The number of aromatic hydroxyl groups is 1. The number of carbonyl (C=O) groups is 1. The Morgan fingerprint density at radius 1 is 1.21 bits per heavy atom. The number of carbonyl (C=O) groups excluding carboxylic acids is 1. The summed E-state index contributed by atoms with van der Waals surface area (Å²) in [6, 6.07) is 9.17. The number of nitrogens with zero attached hydrogens (tertiary/aromatic N) is 4. The lowest BCUT2D eigenvalue weighted by Crippen LogP contribution is -2.20. The van der Waals surface area contributed by atoms with E-state index in [1.807, 2.05) is 58.3 Å². The summed E-state index contributed by atoms with van der Waals surface area (Å²) < 4.78 is 14.3. The first kappa shape index (κ1) is 25.6. The molecule has 0 saturated carbocycles. The number of halogens is 2. The van der Waals surface area contributed by atoms with Gasteiger partial charge in [-0.15, -0.1) is 10.2 Å². The molecule has 1 amide bonds. The predicted molar refractivity (Wildman–Crippen MR) is 144 cm³/mol. The van der Waals surface area contributed by atoms with E-state index in [1.165, 1.54) is 18.0 Å². The summed E-state index contributed by atoms with van der Waals surface area (Å²) in [5.41, 5.74) is 3.84. The monoisotopic (exact) mass is 693 g/mol. The van der Waals surface area contributed by atoms with Crippen LogP contribution in [-0.4, -0.2) is 52.0 Å². The number of phenolic OH excluding ortho intramolecular Hbond substituents is 1. The Kier molecular flexibility index (Phi) is 9.19. The van der Waals surface area contributed by atoms with Crippen LogP contribution in [-0.2, 0) is 11.3 Å². The van der Waals surface area contributed by atoms with E-state index in [1.54, 1.807) is 20.3 Å². The van der Waals surface area contributed by atoms with Crippen molar-refractivity contribution in [2.24, 2.45) is 5.10 Å². The number of thioether (sulfide) groups is 1. The fourth-order valence-corrected chi connectivity index (χ4v) is 5.57. The molecular formula is C21H21I2N5O4S. The average Bonchev–Trinajstić information content (AvgIpc) is 3.23. The smallest absolute Gasteiger partial charge is 0.250 e. The van der Waals surface area contributed by atoms with Gasteiger partial charge in [0.1, 0.15) is 5.75 Å². The molecule has 9 nitrogen and oxygen atoms in total.